The minimum absolute atomic E-state index is 0.0735. The fourth-order valence-electron chi connectivity index (χ4n) is 4.31. The summed E-state index contributed by atoms with van der Waals surface area (Å²) in [6.45, 7) is 15.3. The molecule has 0 rings (SSSR count). The molecular formula is C27H50N2O8. The van der Waals surface area contributed by atoms with E-state index >= 15 is 0 Å². The van der Waals surface area contributed by atoms with Crippen LogP contribution in [0.3, 0.4) is 0 Å². The average Bonchev–Trinajstić information content (AvgIpc) is 2.85. The Kier molecular flexibility index (Phi) is 19.6. The number of carbonyl (C=O) groups is 4. The van der Waals surface area contributed by atoms with Crippen LogP contribution in [0.25, 0.3) is 0 Å². The summed E-state index contributed by atoms with van der Waals surface area (Å²) in [4.78, 5) is 48.7. The highest BCUT2D eigenvalue weighted by atomic mass is 16.5. The van der Waals surface area contributed by atoms with Gasteiger partial charge < -0.3 is 29.6 Å². The van der Waals surface area contributed by atoms with Crippen molar-refractivity contribution in [1.82, 2.24) is 10.6 Å². The first-order chi connectivity index (χ1) is 17.7. The van der Waals surface area contributed by atoms with E-state index in [0.29, 0.717) is 19.0 Å². The summed E-state index contributed by atoms with van der Waals surface area (Å²) in [6.07, 6.45) is 2.58. The smallest absolute Gasteiger partial charge is 0.323 e. The van der Waals surface area contributed by atoms with E-state index in [1.54, 1.807) is 27.7 Å². The summed E-state index contributed by atoms with van der Waals surface area (Å²) in [6, 6.07) is -1.50. The van der Waals surface area contributed by atoms with Gasteiger partial charge in [-0.05, 0) is 65.0 Å². The minimum Gasteiger partial charge on any atom is -0.466 e. The number of ether oxygens (including phenoxy) is 4. The Balaban J connectivity index is 5.11. The third-order valence-electron chi connectivity index (χ3n) is 6.25. The van der Waals surface area contributed by atoms with Gasteiger partial charge in [0.1, 0.15) is 12.1 Å². The van der Waals surface area contributed by atoms with E-state index in [9.17, 15) is 19.2 Å². The molecule has 216 valence electrons. The molecule has 0 heterocycles. The van der Waals surface area contributed by atoms with Crippen LogP contribution in [-0.2, 0) is 38.1 Å². The number of hydrogen-bond donors (Lipinski definition) is 2. The maximum atomic E-state index is 12.4. The Morgan fingerprint density at radius 1 is 0.595 bits per heavy atom. The number of nitrogens with one attached hydrogen (secondary N) is 2. The van der Waals surface area contributed by atoms with E-state index in [2.05, 4.69) is 31.4 Å². The highest BCUT2D eigenvalue weighted by Gasteiger charge is 2.28. The van der Waals surface area contributed by atoms with Crippen molar-refractivity contribution >= 4 is 23.9 Å². The molecule has 0 aliphatic carbocycles. The quantitative estimate of drug-likeness (QED) is 0.169. The van der Waals surface area contributed by atoms with E-state index in [1.165, 1.54) is 0 Å². The second-order valence-corrected chi connectivity index (χ2v) is 9.12. The lowest BCUT2D eigenvalue weighted by atomic mass is 9.81. The Labute approximate surface area is 222 Å². The van der Waals surface area contributed by atoms with Gasteiger partial charge in [-0.2, -0.15) is 0 Å². The van der Waals surface area contributed by atoms with Crippen molar-refractivity contribution in [3.05, 3.63) is 0 Å². The molecule has 0 radical (unpaired) electrons. The lowest BCUT2D eigenvalue weighted by Gasteiger charge is -2.30. The molecule has 5 unspecified atom stereocenters. The van der Waals surface area contributed by atoms with Crippen LogP contribution in [0, 0.1) is 17.8 Å². The molecule has 37 heavy (non-hydrogen) atoms. The normalized spacial score (nSPS) is 15.1. The predicted molar refractivity (Wildman–Crippen MR) is 141 cm³/mol. The third kappa shape index (κ3) is 15.0. The molecule has 0 spiro atoms. The van der Waals surface area contributed by atoms with Crippen molar-refractivity contribution in [3.8, 4) is 0 Å². The zero-order valence-electron chi connectivity index (χ0n) is 23.9. The van der Waals surface area contributed by atoms with Crippen molar-refractivity contribution in [1.29, 1.82) is 0 Å². The van der Waals surface area contributed by atoms with Crippen molar-refractivity contribution in [3.63, 3.8) is 0 Å². The van der Waals surface area contributed by atoms with Crippen LogP contribution in [0.4, 0.5) is 0 Å². The Morgan fingerprint density at radius 2 is 1.00 bits per heavy atom. The monoisotopic (exact) mass is 530 g/mol. The summed E-state index contributed by atoms with van der Waals surface area (Å²) in [5.41, 5.74) is 0. The SMILES string of the molecule is CCOC(=O)CC(NCC(C)CC(CC)C(CC)CNC(CC(=O)OCC)C(=O)OCC)C(=O)OCC. The van der Waals surface area contributed by atoms with Gasteiger partial charge in [-0.25, -0.2) is 0 Å². The molecule has 0 bridgehead atoms. The van der Waals surface area contributed by atoms with E-state index in [1.807, 2.05) is 0 Å². The molecule has 2 N–H and O–H groups in total. The molecular weight excluding hydrogens is 480 g/mol. The van der Waals surface area contributed by atoms with E-state index in [0.717, 1.165) is 19.3 Å². The first kappa shape index (κ1) is 34.8. The predicted octanol–water partition coefficient (Wildman–Crippen LogP) is 3.01. The van der Waals surface area contributed by atoms with Gasteiger partial charge in [-0.1, -0.05) is 33.6 Å². The van der Waals surface area contributed by atoms with Crippen LogP contribution in [0.5, 0.6) is 0 Å². The standard InChI is InChI=1S/C27H50N2O8/c1-8-20(14-19(7)17-28-22(26(32)36-12-5)15-24(30)34-10-3)21(9-2)18-29-23(27(33)37-13-6)16-25(31)35-11-4/h19-23,28-29H,8-18H2,1-7H3. The Morgan fingerprint density at radius 3 is 1.38 bits per heavy atom. The molecule has 0 aromatic rings. The molecule has 0 fully saturated rings. The number of esters is 4. The Bertz CT molecular complexity index is 673. The second kappa shape index (κ2) is 20.8. The molecule has 5 atom stereocenters. The Hall–Kier alpha value is -2.20. The van der Waals surface area contributed by atoms with Crippen LogP contribution in [0.2, 0.25) is 0 Å². The van der Waals surface area contributed by atoms with Gasteiger partial charge in [0.05, 0.1) is 39.3 Å². The summed E-state index contributed by atoms with van der Waals surface area (Å²) in [5, 5.41) is 6.43. The van der Waals surface area contributed by atoms with Crippen molar-refractivity contribution in [2.45, 2.75) is 92.7 Å². The van der Waals surface area contributed by atoms with Gasteiger partial charge in [0, 0.05) is 0 Å². The molecule has 0 saturated carbocycles. The second-order valence-electron chi connectivity index (χ2n) is 9.12. The fraction of sp³-hybridized carbons (Fsp3) is 0.852. The van der Waals surface area contributed by atoms with Gasteiger partial charge >= 0.3 is 23.9 Å². The highest BCUT2D eigenvalue weighted by molar-refractivity contribution is 5.83. The highest BCUT2D eigenvalue weighted by Crippen LogP contribution is 2.26. The van der Waals surface area contributed by atoms with Gasteiger partial charge in [-0.15, -0.1) is 0 Å². The van der Waals surface area contributed by atoms with E-state index < -0.39 is 36.0 Å². The molecule has 0 aromatic heterocycles. The number of hydrogen-bond acceptors (Lipinski definition) is 10. The summed E-state index contributed by atoms with van der Waals surface area (Å²) in [5.74, 6) is -0.953. The summed E-state index contributed by atoms with van der Waals surface area (Å²) < 4.78 is 20.3. The molecule has 0 aliphatic rings. The molecule has 0 aromatic carbocycles. The fourth-order valence-corrected chi connectivity index (χ4v) is 4.31. The van der Waals surface area contributed by atoms with E-state index in [4.69, 9.17) is 18.9 Å². The number of rotatable bonds is 21. The third-order valence-corrected chi connectivity index (χ3v) is 6.25. The van der Waals surface area contributed by atoms with E-state index in [-0.39, 0.29) is 51.1 Å². The maximum Gasteiger partial charge on any atom is 0.323 e. The molecule has 0 aliphatic heterocycles. The van der Waals surface area contributed by atoms with Crippen LogP contribution in [0.1, 0.15) is 80.6 Å². The molecule has 10 heteroatoms. The summed E-state index contributed by atoms with van der Waals surface area (Å²) >= 11 is 0. The zero-order valence-corrected chi connectivity index (χ0v) is 23.9. The van der Waals surface area contributed by atoms with Crippen LogP contribution < -0.4 is 10.6 Å². The largest absolute Gasteiger partial charge is 0.466 e. The topological polar surface area (TPSA) is 129 Å². The van der Waals surface area contributed by atoms with Crippen LogP contribution in [0.15, 0.2) is 0 Å². The van der Waals surface area contributed by atoms with Gasteiger partial charge in [-0.3, -0.25) is 19.2 Å². The first-order valence-electron chi connectivity index (χ1n) is 13.8. The molecule has 0 saturated heterocycles. The maximum absolute atomic E-state index is 12.4. The lowest BCUT2D eigenvalue weighted by Crippen LogP contribution is -2.44. The van der Waals surface area contributed by atoms with Crippen molar-refractivity contribution in [2.24, 2.45) is 17.8 Å². The van der Waals surface area contributed by atoms with Gasteiger partial charge in [0.15, 0.2) is 0 Å². The zero-order chi connectivity index (χ0) is 28.2. The van der Waals surface area contributed by atoms with Crippen molar-refractivity contribution < 1.29 is 38.1 Å². The molecule has 0 amide bonds. The number of carbonyl (C=O) groups excluding carboxylic acids is 4. The van der Waals surface area contributed by atoms with Gasteiger partial charge in [0.2, 0.25) is 0 Å². The average molecular weight is 531 g/mol. The first-order valence-corrected chi connectivity index (χ1v) is 13.8. The van der Waals surface area contributed by atoms with Crippen LogP contribution in [-0.4, -0.2) is 75.5 Å². The lowest BCUT2D eigenvalue weighted by molar-refractivity contribution is -0.152. The summed E-state index contributed by atoms with van der Waals surface area (Å²) in [7, 11) is 0. The molecule has 10 nitrogen and oxygen atoms in total. The van der Waals surface area contributed by atoms with Gasteiger partial charge in [0.25, 0.3) is 0 Å². The van der Waals surface area contributed by atoms with Crippen LogP contribution >= 0.6 is 0 Å². The minimum atomic E-state index is -0.752. The van der Waals surface area contributed by atoms with Crippen molar-refractivity contribution in [2.75, 3.05) is 39.5 Å².